The predicted octanol–water partition coefficient (Wildman–Crippen LogP) is 1.75. The summed E-state index contributed by atoms with van der Waals surface area (Å²) < 4.78 is 1.68. The van der Waals surface area contributed by atoms with Gasteiger partial charge in [-0.2, -0.15) is 0 Å². The van der Waals surface area contributed by atoms with Crippen molar-refractivity contribution in [1.82, 2.24) is 9.47 Å². The summed E-state index contributed by atoms with van der Waals surface area (Å²) in [5.41, 5.74) is 8.33. The minimum absolute atomic E-state index is 0.0869. The third-order valence-electron chi connectivity index (χ3n) is 5.30. The van der Waals surface area contributed by atoms with Crippen LogP contribution in [-0.4, -0.2) is 40.4 Å². The maximum Gasteiger partial charge on any atom is 0.274 e. The molecule has 2 aromatic rings. The van der Waals surface area contributed by atoms with Crippen LogP contribution in [0.3, 0.4) is 0 Å². The number of carbonyl (C=O) groups excluding carboxylic acids is 2. The minimum Gasteiger partial charge on any atom is -0.366 e. The molecule has 1 saturated heterocycles. The van der Waals surface area contributed by atoms with Gasteiger partial charge in [0.15, 0.2) is 0 Å². The van der Waals surface area contributed by atoms with Gasteiger partial charge >= 0.3 is 0 Å². The summed E-state index contributed by atoms with van der Waals surface area (Å²) in [6.07, 6.45) is 3.89. The van der Waals surface area contributed by atoms with Crippen LogP contribution in [-0.2, 0) is 13.6 Å². The number of benzene rings is 1. The number of primary amides is 1. The molecule has 2 aliphatic rings. The van der Waals surface area contributed by atoms with Crippen LogP contribution in [0.4, 0.5) is 5.69 Å². The van der Waals surface area contributed by atoms with Gasteiger partial charge in [-0.3, -0.25) is 14.5 Å². The Morgan fingerprint density at radius 2 is 2.04 bits per heavy atom. The van der Waals surface area contributed by atoms with Crippen molar-refractivity contribution in [3.05, 3.63) is 53.3 Å². The molecule has 2 aliphatic heterocycles. The fourth-order valence-corrected chi connectivity index (χ4v) is 3.99. The molecule has 1 aromatic carbocycles. The smallest absolute Gasteiger partial charge is 0.274 e. The molecule has 1 fully saturated rings. The lowest BCUT2D eigenvalue weighted by Crippen LogP contribution is -2.41. The summed E-state index contributed by atoms with van der Waals surface area (Å²) in [5, 5.41) is 0. The SMILES string of the molecule is Cn1cc(C(N)=O)cc1C(=O)N1C[C@@H]2CCCN2Cc2ccccc21. The number of aromatic nitrogens is 1. The van der Waals surface area contributed by atoms with E-state index >= 15 is 0 Å². The highest BCUT2D eigenvalue weighted by molar-refractivity contribution is 6.07. The van der Waals surface area contributed by atoms with E-state index in [-0.39, 0.29) is 5.91 Å². The van der Waals surface area contributed by atoms with Gasteiger partial charge in [-0.1, -0.05) is 18.2 Å². The molecule has 0 aliphatic carbocycles. The number of carbonyl (C=O) groups is 2. The van der Waals surface area contributed by atoms with Crippen molar-refractivity contribution in [2.75, 3.05) is 18.0 Å². The molecule has 2 amide bonds. The molecule has 0 spiro atoms. The van der Waals surface area contributed by atoms with Gasteiger partial charge in [0.2, 0.25) is 5.91 Å². The Bertz CT molecular complexity index is 842. The first kappa shape index (κ1) is 15.9. The Morgan fingerprint density at radius 3 is 2.80 bits per heavy atom. The van der Waals surface area contributed by atoms with Gasteiger partial charge in [0.25, 0.3) is 5.91 Å². The van der Waals surface area contributed by atoms with Crippen molar-refractivity contribution in [2.24, 2.45) is 12.8 Å². The van der Waals surface area contributed by atoms with Crippen molar-refractivity contribution in [1.29, 1.82) is 0 Å². The van der Waals surface area contributed by atoms with E-state index < -0.39 is 5.91 Å². The number of hydrogen-bond acceptors (Lipinski definition) is 3. The highest BCUT2D eigenvalue weighted by atomic mass is 16.2. The second-order valence-corrected chi connectivity index (χ2v) is 6.90. The molecule has 25 heavy (non-hydrogen) atoms. The Morgan fingerprint density at radius 1 is 1.24 bits per heavy atom. The standard InChI is InChI=1S/C19H22N4O2/c1-21-10-14(18(20)24)9-17(21)19(25)23-12-15-6-4-8-22(15)11-13-5-2-3-7-16(13)23/h2-3,5,7,9-10,15H,4,6,8,11-12H2,1H3,(H2,20,24)/t15-/m0/s1. The van der Waals surface area contributed by atoms with Crippen molar-refractivity contribution in [3.8, 4) is 0 Å². The first-order valence-corrected chi connectivity index (χ1v) is 8.64. The normalized spacial score (nSPS) is 20.0. The molecule has 0 bridgehead atoms. The minimum atomic E-state index is -0.520. The summed E-state index contributed by atoms with van der Waals surface area (Å²) in [6, 6.07) is 10.1. The van der Waals surface area contributed by atoms with Gasteiger partial charge < -0.3 is 15.2 Å². The third kappa shape index (κ3) is 2.72. The molecule has 0 unspecified atom stereocenters. The van der Waals surface area contributed by atoms with E-state index in [1.807, 2.05) is 23.1 Å². The van der Waals surface area contributed by atoms with E-state index in [9.17, 15) is 9.59 Å². The molecule has 130 valence electrons. The Balaban J connectivity index is 1.75. The van der Waals surface area contributed by atoms with Gasteiger partial charge in [-0.15, -0.1) is 0 Å². The fraction of sp³-hybridized carbons (Fsp3) is 0.368. The second-order valence-electron chi connectivity index (χ2n) is 6.90. The lowest BCUT2D eigenvalue weighted by Gasteiger charge is -2.26. The molecule has 6 nitrogen and oxygen atoms in total. The van der Waals surface area contributed by atoms with Crippen LogP contribution in [0.15, 0.2) is 36.5 Å². The Kier molecular flexibility index (Phi) is 3.84. The third-order valence-corrected chi connectivity index (χ3v) is 5.30. The van der Waals surface area contributed by atoms with Crippen LogP contribution in [0.2, 0.25) is 0 Å². The van der Waals surface area contributed by atoms with Gasteiger partial charge in [-0.25, -0.2) is 0 Å². The van der Waals surface area contributed by atoms with E-state index in [1.165, 1.54) is 12.0 Å². The summed E-state index contributed by atoms with van der Waals surface area (Å²) >= 11 is 0. The van der Waals surface area contributed by atoms with E-state index in [2.05, 4.69) is 11.0 Å². The van der Waals surface area contributed by atoms with Crippen molar-refractivity contribution in [2.45, 2.75) is 25.4 Å². The molecule has 2 N–H and O–H groups in total. The number of rotatable bonds is 2. The number of nitrogens with two attached hydrogens (primary N) is 1. The predicted molar refractivity (Wildman–Crippen MR) is 95.5 cm³/mol. The molecule has 1 aromatic heterocycles. The van der Waals surface area contributed by atoms with Gasteiger partial charge in [0.05, 0.1) is 5.56 Å². The average Bonchev–Trinajstić information content (AvgIpc) is 3.16. The van der Waals surface area contributed by atoms with E-state index in [4.69, 9.17) is 5.73 Å². The summed E-state index contributed by atoms with van der Waals surface area (Å²) in [7, 11) is 1.77. The molecule has 0 saturated carbocycles. The molecule has 6 heteroatoms. The number of fused-ring (bicyclic) bond motifs is 2. The number of nitrogens with zero attached hydrogens (tertiary/aromatic N) is 3. The maximum atomic E-state index is 13.3. The number of hydrogen-bond donors (Lipinski definition) is 1. The van der Waals surface area contributed by atoms with Crippen LogP contribution in [0.5, 0.6) is 0 Å². The Hall–Kier alpha value is -2.60. The number of aryl methyl sites for hydroxylation is 1. The second kappa shape index (κ2) is 6.04. The average molecular weight is 338 g/mol. The quantitative estimate of drug-likeness (QED) is 0.907. The van der Waals surface area contributed by atoms with Gasteiger partial charge in [-0.05, 0) is 37.1 Å². The number of anilines is 1. The van der Waals surface area contributed by atoms with Crippen LogP contribution >= 0.6 is 0 Å². The fourth-order valence-electron chi connectivity index (χ4n) is 3.99. The molecular weight excluding hydrogens is 316 g/mol. The lowest BCUT2D eigenvalue weighted by molar-refractivity contribution is 0.0972. The van der Waals surface area contributed by atoms with E-state index in [0.717, 1.165) is 25.2 Å². The molecule has 1 atom stereocenters. The lowest BCUT2D eigenvalue weighted by atomic mass is 10.1. The van der Waals surface area contributed by atoms with Crippen molar-refractivity contribution >= 4 is 17.5 Å². The monoisotopic (exact) mass is 338 g/mol. The Labute approximate surface area is 146 Å². The topological polar surface area (TPSA) is 71.6 Å². The molecule has 0 radical (unpaired) electrons. The zero-order valence-electron chi connectivity index (χ0n) is 14.3. The van der Waals surface area contributed by atoms with Gasteiger partial charge in [0.1, 0.15) is 5.69 Å². The number of amides is 2. The van der Waals surface area contributed by atoms with Gasteiger partial charge in [0, 0.05) is 38.1 Å². The van der Waals surface area contributed by atoms with Crippen LogP contribution in [0.25, 0.3) is 0 Å². The van der Waals surface area contributed by atoms with Crippen molar-refractivity contribution in [3.63, 3.8) is 0 Å². The first-order valence-electron chi connectivity index (χ1n) is 8.64. The van der Waals surface area contributed by atoms with Crippen molar-refractivity contribution < 1.29 is 9.59 Å². The zero-order valence-corrected chi connectivity index (χ0v) is 14.3. The van der Waals surface area contributed by atoms with Crippen LogP contribution < -0.4 is 10.6 Å². The highest BCUT2D eigenvalue weighted by Gasteiger charge is 2.34. The molecule has 3 heterocycles. The molecule has 4 rings (SSSR count). The van der Waals surface area contributed by atoms with Crippen LogP contribution in [0.1, 0.15) is 39.3 Å². The summed E-state index contributed by atoms with van der Waals surface area (Å²) in [6.45, 7) is 2.63. The van der Waals surface area contributed by atoms with E-state index in [1.54, 1.807) is 23.9 Å². The largest absolute Gasteiger partial charge is 0.366 e. The highest BCUT2D eigenvalue weighted by Crippen LogP contribution is 2.32. The summed E-state index contributed by atoms with van der Waals surface area (Å²) in [4.78, 5) is 29.1. The zero-order chi connectivity index (χ0) is 17.6. The van der Waals surface area contributed by atoms with E-state index in [0.29, 0.717) is 23.8 Å². The first-order chi connectivity index (χ1) is 12.0. The van der Waals surface area contributed by atoms with Crippen LogP contribution in [0, 0.1) is 0 Å². The molecular formula is C19H22N4O2. The number of para-hydroxylation sites is 1. The maximum absolute atomic E-state index is 13.3. The summed E-state index contributed by atoms with van der Waals surface area (Å²) in [5.74, 6) is -0.607.